The van der Waals surface area contributed by atoms with E-state index in [1.165, 1.54) is 0 Å². The highest BCUT2D eigenvalue weighted by Gasteiger charge is 2.37. The first-order valence-electron chi connectivity index (χ1n) is 4.39. The van der Waals surface area contributed by atoms with Crippen LogP contribution in [0.3, 0.4) is 0 Å². The summed E-state index contributed by atoms with van der Waals surface area (Å²) in [7, 11) is 0. The van der Waals surface area contributed by atoms with E-state index in [0.717, 1.165) is 5.56 Å². The van der Waals surface area contributed by atoms with E-state index in [0.29, 0.717) is 5.02 Å². The number of hydrogen-bond donors (Lipinski definition) is 1. The molecule has 0 bridgehead atoms. The molecule has 0 amide bonds. The summed E-state index contributed by atoms with van der Waals surface area (Å²) in [5, 5.41) is 9.29. The molecule has 5 heteroatoms. The zero-order valence-corrected chi connectivity index (χ0v) is 8.52. The van der Waals surface area contributed by atoms with Gasteiger partial charge in [0, 0.05) is 5.02 Å². The highest BCUT2D eigenvalue weighted by molar-refractivity contribution is 6.30. The Balaban J connectivity index is 2.47. The van der Waals surface area contributed by atoms with E-state index in [4.69, 9.17) is 16.7 Å². The van der Waals surface area contributed by atoms with Gasteiger partial charge in [0.1, 0.15) is 6.10 Å². The molecule has 1 rings (SSSR count). The molecular weight excluding hydrogens is 229 g/mol. The predicted molar refractivity (Wildman–Crippen MR) is 51.8 cm³/mol. The second-order valence-corrected chi connectivity index (χ2v) is 3.66. The average Bonchev–Trinajstić information content (AvgIpc) is 2.15. The minimum absolute atomic E-state index is 0.178. The van der Waals surface area contributed by atoms with Gasteiger partial charge in [-0.2, -0.15) is 13.2 Å². The number of hydrogen-bond acceptors (Lipinski definition) is 1. The maximum atomic E-state index is 11.9. The largest absolute Gasteiger partial charge is 0.414 e. The fraction of sp³-hybridized carbons (Fsp3) is 0.400. The molecular formula is C10H10ClF3O. The van der Waals surface area contributed by atoms with Crippen LogP contribution in [-0.2, 0) is 6.42 Å². The van der Waals surface area contributed by atoms with Gasteiger partial charge < -0.3 is 5.11 Å². The van der Waals surface area contributed by atoms with Crippen LogP contribution in [0.5, 0.6) is 0 Å². The van der Waals surface area contributed by atoms with Crippen LogP contribution >= 0.6 is 11.6 Å². The first-order chi connectivity index (χ1) is 6.89. The fourth-order valence-electron chi connectivity index (χ4n) is 1.12. The van der Waals surface area contributed by atoms with Crippen molar-refractivity contribution in [2.75, 3.05) is 0 Å². The molecule has 1 atom stereocenters. The first-order valence-corrected chi connectivity index (χ1v) is 4.76. The summed E-state index contributed by atoms with van der Waals surface area (Å²) < 4.78 is 35.8. The predicted octanol–water partition coefficient (Wildman–Crippen LogP) is 3.20. The number of aryl methyl sites for hydroxylation is 1. The minimum atomic E-state index is -4.54. The van der Waals surface area contributed by atoms with Crippen molar-refractivity contribution in [1.82, 2.24) is 0 Å². The van der Waals surface area contributed by atoms with Crippen molar-refractivity contribution >= 4 is 11.6 Å². The second-order valence-electron chi connectivity index (χ2n) is 3.22. The molecule has 84 valence electrons. The molecule has 0 saturated heterocycles. The van der Waals surface area contributed by atoms with E-state index < -0.39 is 12.3 Å². The fourth-order valence-corrected chi connectivity index (χ4v) is 1.24. The molecule has 0 radical (unpaired) electrons. The molecule has 0 aromatic heterocycles. The number of alkyl halides is 3. The van der Waals surface area contributed by atoms with Crippen molar-refractivity contribution < 1.29 is 18.3 Å². The van der Waals surface area contributed by atoms with Crippen molar-refractivity contribution in [2.24, 2.45) is 0 Å². The van der Waals surface area contributed by atoms with Crippen molar-refractivity contribution in [3.63, 3.8) is 0 Å². The Bertz CT molecular complexity index is 307. The summed E-state index contributed by atoms with van der Waals surface area (Å²) in [5.41, 5.74) is 0.725. The third kappa shape index (κ3) is 4.10. The SMILES string of the molecule is OC(CCc1ccc(Cl)cc1)C(F)(F)F. The normalized spacial score (nSPS) is 13.9. The molecule has 1 N–H and O–H groups in total. The molecule has 15 heavy (non-hydrogen) atoms. The summed E-state index contributed by atoms with van der Waals surface area (Å²) in [6.45, 7) is 0. The quantitative estimate of drug-likeness (QED) is 0.858. The number of aliphatic hydroxyl groups excluding tert-OH is 1. The molecule has 0 saturated carbocycles. The van der Waals surface area contributed by atoms with Gasteiger partial charge in [0.15, 0.2) is 0 Å². The van der Waals surface area contributed by atoms with Crippen LogP contribution in [-0.4, -0.2) is 17.4 Å². The molecule has 0 spiro atoms. The first kappa shape index (κ1) is 12.3. The lowest BCUT2D eigenvalue weighted by Crippen LogP contribution is -2.28. The van der Waals surface area contributed by atoms with Crippen LogP contribution in [0, 0.1) is 0 Å². The van der Waals surface area contributed by atoms with Crippen molar-refractivity contribution in [2.45, 2.75) is 25.1 Å². The Kier molecular flexibility index (Phi) is 3.99. The van der Waals surface area contributed by atoms with Crippen LogP contribution < -0.4 is 0 Å². The van der Waals surface area contributed by atoms with Gasteiger partial charge >= 0.3 is 6.18 Å². The lowest BCUT2D eigenvalue weighted by atomic mass is 10.1. The lowest BCUT2D eigenvalue weighted by molar-refractivity contribution is -0.205. The zero-order chi connectivity index (χ0) is 11.5. The summed E-state index contributed by atoms with van der Waals surface area (Å²) in [6.07, 6.45) is -6.94. The number of halogens is 4. The zero-order valence-electron chi connectivity index (χ0n) is 7.76. The summed E-state index contributed by atoms with van der Waals surface area (Å²) in [6, 6.07) is 6.50. The van der Waals surface area contributed by atoms with E-state index in [1.807, 2.05) is 0 Å². The van der Waals surface area contributed by atoms with Crippen molar-refractivity contribution in [1.29, 1.82) is 0 Å². The van der Waals surface area contributed by atoms with Crippen molar-refractivity contribution in [3.05, 3.63) is 34.9 Å². The highest BCUT2D eigenvalue weighted by atomic mass is 35.5. The maximum absolute atomic E-state index is 11.9. The average molecular weight is 239 g/mol. The molecule has 1 unspecified atom stereocenters. The highest BCUT2D eigenvalue weighted by Crippen LogP contribution is 2.23. The molecule has 0 aliphatic rings. The van der Waals surface area contributed by atoms with Gasteiger partial charge in [-0.1, -0.05) is 23.7 Å². The molecule has 1 aromatic carbocycles. The molecule has 0 heterocycles. The van der Waals surface area contributed by atoms with Gasteiger partial charge in [0.05, 0.1) is 0 Å². The van der Waals surface area contributed by atoms with E-state index in [2.05, 4.69) is 0 Å². The van der Waals surface area contributed by atoms with Crippen molar-refractivity contribution in [3.8, 4) is 0 Å². The Labute approximate surface area is 90.5 Å². The summed E-state index contributed by atoms with van der Waals surface area (Å²) in [5.74, 6) is 0. The van der Waals surface area contributed by atoms with E-state index in [-0.39, 0.29) is 12.8 Å². The Morgan fingerprint density at radius 3 is 2.20 bits per heavy atom. The van der Waals surface area contributed by atoms with E-state index in [1.54, 1.807) is 24.3 Å². The summed E-state index contributed by atoms with van der Waals surface area (Å²) in [4.78, 5) is 0. The Hall–Kier alpha value is -0.740. The third-order valence-corrected chi connectivity index (χ3v) is 2.25. The standard InChI is InChI=1S/C10H10ClF3O/c11-8-4-1-7(2-5-8)3-6-9(15)10(12,13)14/h1-2,4-5,9,15H,3,6H2. The summed E-state index contributed by atoms with van der Waals surface area (Å²) >= 11 is 5.62. The van der Waals surface area contributed by atoms with Crippen LogP contribution in [0.1, 0.15) is 12.0 Å². The van der Waals surface area contributed by atoms with E-state index >= 15 is 0 Å². The third-order valence-electron chi connectivity index (χ3n) is 2.00. The van der Waals surface area contributed by atoms with Gasteiger partial charge in [-0.15, -0.1) is 0 Å². The van der Waals surface area contributed by atoms with Gasteiger partial charge in [-0.25, -0.2) is 0 Å². The lowest BCUT2D eigenvalue weighted by Gasteiger charge is -2.13. The van der Waals surface area contributed by atoms with E-state index in [9.17, 15) is 13.2 Å². The molecule has 0 aliphatic heterocycles. The van der Waals surface area contributed by atoms with Crippen LogP contribution in [0.25, 0.3) is 0 Å². The van der Waals surface area contributed by atoms with Gasteiger partial charge in [-0.05, 0) is 30.5 Å². The van der Waals surface area contributed by atoms with Gasteiger partial charge in [0.2, 0.25) is 0 Å². The monoisotopic (exact) mass is 238 g/mol. The number of rotatable bonds is 3. The Morgan fingerprint density at radius 1 is 1.20 bits per heavy atom. The molecule has 0 aliphatic carbocycles. The Morgan fingerprint density at radius 2 is 1.73 bits per heavy atom. The molecule has 1 nitrogen and oxygen atoms in total. The molecule has 0 fully saturated rings. The number of benzene rings is 1. The van der Waals surface area contributed by atoms with Gasteiger partial charge in [-0.3, -0.25) is 0 Å². The second kappa shape index (κ2) is 4.86. The van der Waals surface area contributed by atoms with Crippen LogP contribution in [0.4, 0.5) is 13.2 Å². The van der Waals surface area contributed by atoms with Crippen LogP contribution in [0.15, 0.2) is 24.3 Å². The molecule has 1 aromatic rings. The topological polar surface area (TPSA) is 20.2 Å². The minimum Gasteiger partial charge on any atom is -0.384 e. The maximum Gasteiger partial charge on any atom is 0.414 e. The van der Waals surface area contributed by atoms with Gasteiger partial charge in [0.25, 0.3) is 0 Å². The number of aliphatic hydroxyl groups is 1. The smallest absolute Gasteiger partial charge is 0.384 e. The van der Waals surface area contributed by atoms with Crippen LogP contribution in [0.2, 0.25) is 5.02 Å².